The highest BCUT2D eigenvalue weighted by atomic mass is 16.5. The minimum absolute atomic E-state index is 0.298. The monoisotopic (exact) mass is 243 g/mol. The van der Waals surface area contributed by atoms with Crippen molar-refractivity contribution in [1.29, 1.82) is 0 Å². The molecule has 0 spiro atoms. The van der Waals surface area contributed by atoms with Gasteiger partial charge >= 0.3 is 0 Å². The van der Waals surface area contributed by atoms with Gasteiger partial charge in [-0.25, -0.2) is 0 Å². The number of hydrogen-bond donors (Lipinski definition) is 2. The molecule has 1 aliphatic heterocycles. The Bertz CT molecular complexity index is 272. The van der Waals surface area contributed by atoms with Crippen LogP contribution in [0.4, 0.5) is 0 Å². The third kappa shape index (κ3) is 3.40. The summed E-state index contributed by atoms with van der Waals surface area (Å²) in [6.45, 7) is 8.59. The molecule has 1 saturated heterocycles. The molecule has 1 rings (SSSR count). The van der Waals surface area contributed by atoms with Crippen molar-refractivity contribution in [2.24, 2.45) is 5.73 Å². The fourth-order valence-electron chi connectivity index (χ4n) is 2.43. The number of primary amides is 1. The molecule has 0 radical (unpaired) electrons. The average Bonchev–Trinajstić information content (AvgIpc) is 2.29. The van der Waals surface area contributed by atoms with Crippen LogP contribution in [0.3, 0.4) is 0 Å². The van der Waals surface area contributed by atoms with E-state index in [0.29, 0.717) is 18.5 Å². The maximum absolute atomic E-state index is 11.5. The second kappa shape index (κ2) is 5.80. The lowest BCUT2D eigenvalue weighted by Crippen LogP contribution is -2.57. The second-order valence-corrected chi connectivity index (χ2v) is 5.16. The van der Waals surface area contributed by atoms with E-state index < -0.39 is 5.54 Å². The molecule has 5 nitrogen and oxygen atoms in total. The Morgan fingerprint density at radius 2 is 2.35 bits per heavy atom. The Morgan fingerprint density at radius 1 is 1.71 bits per heavy atom. The minimum Gasteiger partial charge on any atom is -0.379 e. The number of amides is 1. The molecule has 0 aromatic rings. The molecular formula is C12H25N3O2. The van der Waals surface area contributed by atoms with Crippen molar-refractivity contribution in [3.8, 4) is 0 Å². The molecule has 3 unspecified atom stereocenters. The van der Waals surface area contributed by atoms with Crippen LogP contribution in [0.15, 0.2) is 0 Å². The fraction of sp³-hybridized carbons (Fsp3) is 0.917. The lowest BCUT2D eigenvalue weighted by atomic mass is 9.91. The molecule has 1 heterocycles. The van der Waals surface area contributed by atoms with Gasteiger partial charge in [0.1, 0.15) is 0 Å². The van der Waals surface area contributed by atoms with Gasteiger partial charge in [-0.1, -0.05) is 0 Å². The molecular weight excluding hydrogens is 218 g/mol. The Morgan fingerprint density at radius 3 is 2.82 bits per heavy atom. The predicted octanol–water partition coefficient (Wildman–Crippen LogP) is -0.0509. The summed E-state index contributed by atoms with van der Waals surface area (Å²) in [5.41, 5.74) is 4.81. The van der Waals surface area contributed by atoms with E-state index in [9.17, 15) is 4.79 Å². The molecule has 17 heavy (non-hydrogen) atoms. The Balaban J connectivity index is 2.63. The highest BCUT2D eigenvalue weighted by Gasteiger charge is 2.34. The van der Waals surface area contributed by atoms with E-state index in [1.807, 2.05) is 6.92 Å². The van der Waals surface area contributed by atoms with E-state index in [1.54, 1.807) is 7.05 Å². The quantitative estimate of drug-likeness (QED) is 0.710. The van der Waals surface area contributed by atoms with Crippen molar-refractivity contribution < 1.29 is 9.53 Å². The normalized spacial score (nSPS) is 27.4. The number of nitrogens with two attached hydrogens (primary N) is 1. The van der Waals surface area contributed by atoms with Crippen molar-refractivity contribution in [3.63, 3.8) is 0 Å². The van der Waals surface area contributed by atoms with Gasteiger partial charge in [0.15, 0.2) is 0 Å². The smallest absolute Gasteiger partial charge is 0.237 e. The number of hydrogen-bond acceptors (Lipinski definition) is 4. The van der Waals surface area contributed by atoms with Gasteiger partial charge in [0, 0.05) is 18.6 Å². The van der Waals surface area contributed by atoms with Gasteiger partial charge in [-0.05, 0) is 34.2 Å². The highest BCUT2D eigenvalue weighted by Crippen LogP contribution is 2.19. The van der Waals surface area contributed by atoms with Crippen molar-refractivity contribution >= 4 is 5.91 Å². The standard InChI is InChI=1S/C12H25N3O2/c1-9(7-12(3,14-4)11(13)16)15-5-6-17-8-10(15)2/h9-10,14H,5-8H2,1-4H3,(H2,13,16). The summed E-state index contributed by atoms with van der Waals surface area (Å²) in [4.78, 5) is 13.8. The van der Waals surface area contributed by atoms with Crippen LogP contribution in [-0.2, 0) is 9.53 Å². The first kappa shape index (κ1) is 14.4. The first-order valence-electron chi connectivity index (χ1n) is 6.23. The van der Waals surface area contributed by atoms with Crippen molar-refractivity contribution in [2.75, 3.05) is 26.8 Å². The molecule has 3 N–H and O–H groups in total. The van der Waals surface area contributed by atoms with Gasteiger partial charge in [-0.3, -0.25) is 9.69 Å². The topological polar surface area (TPSA) is 67.6 Å². The number of rotatable bonds is 5. The summed E-state index contributed by atoms with van der Waals surface area (Å²) in [7, 11) is 1.78. The predicted molar refractivity (Wildman–Crippen MR) is 67.7 cm³/mol. The van der Waals surface area contributed by atoms with E-state index >= 15 is 0 Å². The molecule has 1 fully saturated rings. The van der Waals surface area contributed by atoms with Gasteiger partial charge in [0.05, 0.1) is 18.8 Å². The van der Waals surface area contributed by atoms with E-state index in [0.717, 1.165) is 19.8 Å². The molecule has 1 amide bonds. The first-order chi connectivity index (χ1) is 7.90. The molecule has 0 bridgehead atoms. The Labute approximate surface area is 104 Å². The molecule has 100 valence electrons. The van der Waals surface area contributed by atoms with E-state index in [-0.39, 0.29) is 5.91 Å². The van der Waals surface area contributed by atoms with Gasteiger partial charge in [0.2, 0.25) is 5.91 Å². The minimum atomic E-state index is -0.641. The average molecular weight is 243 g/mol. The summed E-state index contributed by atoms with van der Waals surface area (Å²) in [5, 5.41) is 3.03. The number of carbonyl (C=O) groups excluding carboxylic acids is 1. The van der Waals surface area contributed by atoms with Crippen LogP contribution in [0.5, 0.6) is 0 Å². The van der Waals surface area contributed by atoms with Gasteiger partial charge in [-0.15, -0.1) is 0 Å². The van der Waals surface area contributed by atoms with Crippen molar-refractivity contribution in [3.05, 3.63) is 0 Å². The largest absolute Gasteiger partial charge is 0.379 e. The zero-order chi connectivity index (χ0) is 13.1. The number of nitrogens with zero attached hydrogens (tertiary/aromatic N) is 1. The molecule has 0 aromatic heterocycles. The highest BCUT2D eigenvalue weighted by molar-refractivity contribution is 5.84. The maximum atomic E-state index is 11.5. The van der Waals surface area contributed by atoms with E-state index in [1.165, 1.54) is 0 Å². The summed E-state index contributed by atoms with van der Waals surface area (Å²) in [6.07, 6.45) is 0.711. The van der Waals surface area contributed by atoms with E-state index in [2.05, 4.69) is 24.1 Å². The molecule has 0 saturated carbocycles. The van der Waals surface area contributed by atoms with Crippen LogP contribution < -0.4 is 11.1 Å². The van der Waals surface area contributed by atoms with Gasteiger partial charge in [-0.2, -0.15) is 0 Å². The lowest BCUT2D eigenvalue weighted by Gasteiger charge is -2.40. The molecule has 5 heteroatoms. The van der Waals surface area contributed by atoms with Crippen LogP contribution in [0, 0.1) is 0 Å². The van der Waals surface area contributed by atoms with Crippen molar-refractivity contribution in [2.45, 2.75) is 44.8 Å². The molecule has 0 aromatic carbocycles. The molecule has 0 aliphatic carbocycles. The number of nitrogens with one attached hydrogen (secondary N) is 1. The number of likely N-dealkylation sites (N-methyl/N-ethyl adjacent to an activating group) is 1. The van der Waals surface area contributed by atoms with Gasteiger partial charge in [0.25, 0.3) is 0 Å². The number of carbonyl (C=O) groups is 1. The first-order valence-corrected chi connectivity index (χ1v) is 6.23. The third-order valence-corrected chi connectivity index (χ3v) is 3.78. The third-order valence-electron chi connectivity index (χ3n) is 3.78. The summed E-state index contributed by atoms with van der Waals surface area (Å²) >= 11 is 0. The molecule has 3 atom stereocenters. The maximum Gasteiger partial charge on any atom is 0.237 e. The van der Waals surface area contributed by atoms with Crippen LogP contribution in [0.1, 0.15) is 27.2 Å². The van der Waals surface area contributed by atoms with Gasteiger partial charge < -0.3 is 15.8 Å². The Hall–Kier alpha value is -0.650. The van der Waals surface area contributed by atoms with Crippen LogP contribution in [-0.4, -0.2) is 55.2 Å². The molecule has 1 aliphatic rings. The summed E-state index contributed by atoms with van der Waals surface area (Å²) in [6, 6.07) is 0.701. The zero-order valence-electron chi connectivity index (χ0n) is 11.3. The number of ether oxygens (including phenoxy) is 1. The fourth-order valence-corrected chi connectivity index (χ4v) is 2.43. The summed E-state index contributed by atoms with van der Waals surface area (Å²) in [5.74, 6) is -0.298. The summed E-state index contributed by atoms with van der Waals surface area (Å²) < 4.78 is 5.42. The van der Waals surface area contributed by atoms with Crippen molar-refractivity contribution in [1.82, 2.24) is 10.2 Å². The van der Waals surface area contributed by atoms with Crippen LogP contribution in [0.25, 0.3) is 0 Å². The second-order valence-electron chi connectivity index (χ2n) is 5.16. The van der Waals surface area contributed by atoms with E-state index in [4.69, 9.17) is 10.5 Å². The SMILES string of the molecule is CNC(C)(CC(C)N1CCOCC1C)C(N)=O. The zero-order valence-corrected chi connectivity index (χ0v) is 11.3. The van der Waals surface area contributed by atoms with Crippen LogP contribution in [0.2, 0.25) is 0 Å². The lowest BCUT2D eigenvalue weighted by molar-refractivity contribution is -0.124. The Kier molecular flexibility index (Phi) is 4.91. The van der Waals surface area contributed by atoms with Crippen LogP contribution >= 0.6 is 0 Å². The number of morpholine rings is 1.